The number of hydrogen-bond donors (Lipinski definition) is 1. The molecule has 34 heavy (non-hydrogen) atoms. The van der Waals surface area contributed by atoms with Crippen LogP contribution in [0.15, 0.2) is 42.6 Å². The van der Waals surface area contributed by atoms with Crippen LogP contribution in [0.25, 0.3) is 11.3 Å². The first-order chi connectivity index (χ1) is 16.3. The highest BCUT2D eigenvalue weighted by Gasteiger charge is 2.32. The number of pyridine rings is 1. The molecule has 1 unspecified atom stereocenters. The van der Waals surface area contributed by atoms with Crippen LogP contribution in [0.3, 0.4) is 0 Å². The Morgan fingerprint density at radius 3 is 2.85 bits per heavy atom. The second kappa shape index (κ2) is 8.60. The summed E-state index contributed by atoms with van der Waals surface area (Å²) in [6.07, 6.45) is 1.20. The summed E-state index contributed by atoms with van der Waals surface area (Å²) in [4.78, 5) is 18.6. The maximum Gasteiger partial charge on any atom is 0.286 e. The van der Waals surface area contributed by atoms with Crippen LogP contribution < -0.4 is 15.0 Å². The second-order valence-electron chi connectivity index (χ2n) is 8.46. The molecule has 8 nitrogen and oxygen atoms in total. The summed E-state index contributed by atoms with van der Waals surface area (Å²) in [6.45, 7) is 5.16. The van der Waals surface area contributed by atoms with E-state index in [2.05, 4.69) is 25.4 Å². The minimum Gasteiger partial charge on any atom is -0.473 e. The highest BCUT2D eigenvalue weighted by atomic mass is 19.3. The zero-order valence-corrected chi connectivity index (χ0v) is 18.7. The number of nitrogens with one attached hydrogen (secondary N) is 1. The van der Waals surface area contributed by atoms with Gasteiger partial charge in [-0.3, -0.25) is 9.78 Å². The molecule has 2 aromatic heterocycles. The molecule has 1 atom stereocenters. The number of rotatable bonds is 4. The first-order valence-electron chi connectivity index (χ1n) is 10.9. The van der Waals surface area contributed by atoms with Crippen molar-refractivity contribution >= 4 is 17.3 Å². The number of morpholine rings is 1. The van der Waals surface area contributed by atoms with E-state index in [1.807, 2.05) is 19.1 Å². The average Bonchev–Trinajstić information content (AvgIpc) is 2.84. The Bertz CT molecular complexity index is 1250. The predicted octanol–water partition coefficient (Wildman–Crippen LogP) is 3.81. The van der Waals surface area contributed by atoms with E-state index in [0.29, 0.717) is 37.1 Å². The molecule has 0 spiro atoms. The van der Waals surface area contributed by atoms with Crippen molar-refractivity contribution < 1.29 is 23.0 Å². The van der Waals surface area contributed by atoms with Gasteiger partial charge in [-0.05, 0) is 42.8 Å². The third-order valence-electron chi connectivity index (χ3n) is 5.93. The largest absolute Gasteiger partial charge is 0.473 e. The van der Waals surface area contributed by atoms with E-state index >= 15 is 0 Å². The van der Waals surface area contributed by atoms with Crippen molar-refractivity contribution in [2.45, 2.75) is 25.8 Å². The molecule has 5 rings (SSSR count). The number of amides is 1. The summed E-state index contributed by atoms with van der Waals surface area (Å²) in [6, 6.07) is 9.96. The molecule has 176 valence electrons. The minimum absolute atomic E-state index is 0.0951. The zero-order chi connectivity index (χ0) is 23.9. The van der Waals surface area contributed by atoms with Gasteiger partial charge in [-0.25, -0.2) is 0 Å². The number of halogens is 2. The molecule has 4 heterocycles. The van der Waals surface area contributed by atoms with Gasteiger partial charge in [-0.15, -0.1) is 10.2 Å². The average molecular weight is 467 g/mol. The molecule has 1 fully saturated rings. The predicted molar refractivity (Wildman–Crippen MR) is 121 cm³/mol. The number of aromatic nitrogens is 3. The van der Waals surface area contributed by atoms with Crippen molar-refractivity contribution in [1.29, 1.82) is 0 Å². The van der Waals surface area contributed by atoms with Crippen LogP contribution in [0.4, 0.5) is 20.2 Å². The maximum atomic E-state index is 13.6. The van der Waals surface area contributed by atoms with Gasteiger partial charge in [-0.2, -0.15) is 8.78 Å². The number of carbonyl (C=O) groups is 1. The number of fused-ring (bicyclic) bond motifs is 3. The van der Waals surface area contributed by atoms with Gasteiger partial charge in [0.1, 0.15) is 18.0 Å². The second-order valence-corrected chi connectivity index (χ2v) is 8.46. The van der Waals surface area contributed by atoms with E-state index in [1.165, 1.54) is 12.3 Å². The fourth-order valence-corrected chi connectivity index (χ4v) is 4.09. The van der Waals surface area contributed by atoms with E-state index in [4.69, 9.17) is 9.47 Å². The Labute approximate surface area is 194 Å². The first kappa shape index (κ1) is 22.1. The SMILES string of the molecule is Cc1ccc(NC(=O)c2ccnc(C(C)(F)F)c2)cc1-c1cc2c(nn1)OCC1COCCN21. The topological polar surface area (TPSA) is 89.5 Å². The molecule has 0 aliphatic carbocycles. The van der Waals surface area contributed by atoms with E-state index in [0.717, 1.165) is 36.3 Å². The fraction of sp³-hybridized carbons (Fsp3) is 0.333. The van der Waals surface area contributed by atoms with Gasteiger partial charge in [0.25, 0.3) is 17.7 Å². The summed E-state index contributed by atoms with van der Waals surface area (Å²) < 4.78 is 38.5. The number of alkyl halides is 2. The van der Waals surface area contributed by atoms with E-state index in [9.17, 15) is 13.6 Å². The van der Waals surface area contributed by atoms with Crippen LogP contribution in [-0.4, -0.2) is 53.5 Å². The van der Waals surface area contributed by atoms with Gasteiger partial charge < -0.3 is 19.7 Å². The molecular weight excluding hydrogens is 444 g/mol. The van der Waals surface area contributed by atoms with Crippen LogP contribution in [0.1, 0.15) is 28.5 Å². The van der Waals surface area contributed by atoms with Gasteiger partial charge in [0.15, 0.2) is 0 Å². The summed E-state index contributed by atoms with van der Waals surface area (Å²) in [5, 5.41) is 11.4. The maximum absolute atomic E-state index is 13.6. The molecule has 1 amide bonds. The fourth-order valence-electron chi connectivity index (χ4n) is 4.09. The van der Waals surface area contributed by atoms with Crippen molar-refractivity contribution in [3.63, 3.8) is 0 Å². The highest BCUT2D eigenvalue weighted by Crippen LogP contribution is 2.36. The smallest absolute Gasteiger partial charge is 0.286 e. The van der Waals surface area contributed by atoms with Crippen LogP contribution in [-0.2, 0) is 10.7 Å². The van der Waals surface area contributed by atoms with Crippen LogP contribution in [0.5, 0.6) is 5.88 Å². The quantitative estimate of drug-likeness (QED) is 0.624. The molecular formula is C24H23F2N5O3. The lowest BCUT2D eigenvalue weighted by molar-refractivity contribution is 0.0127. The van der Waals surface area contributed by atoms with E-state index in [-0.39, 0.29) is 11.6 Å². The van der Waals surface area contributed by atoms with Gasteiger partial charge in [0.05, 0.1) is 24.9 Å². The summed E-state index contributed by atoms with van der Waals surface area (Å²) in [7, 11) is 0. The number of nitrogens with zero attached hydrogens (tertiary/aromatic N) is 4. The number of benzene rings is 1. The number of carbonyl (C=O) groups excluding carboxylic acids is 1. The lowest BCUT2D eigenvalue weighted by atomic mass is 10.0. The Morgan fingerprint density at radius 2 is 2.03 bits per heavy atom. The van der Waals surface area contributed by atoms with E-state index < -0.39 is 17.5 Å². The highest BCUT2D eigenvalue weighted by molar-refractivity contribution is 6.04. The van der Waals surface area contributed by atoms with Crippen LogP contribution in [0.2, 0.25) is 0 Å². The molecule has 0 saturated carbocycles. The molecule has 1 saturated heterocycles. The molecule has 2 aliphatic rings. The van der Waals surface area contributed by atoms with Crippen LogP contribution >= 0.6 is 0 Å². The third-order valence-corrected chi connectivity index (χ3v) is 5.93. The van der Waals surface area contributed by atoms with Crippen LogP contribution in [0, 0.1) is 6.92 Å². The zero-order valence-electron chi connectivity index (χ0n) is 18.7. The lowest BCUT2D eigenvalue weighted by Gasteiger charge is -2.40. The monoisotopic (exact) mass is 467 g/mol. The molecule has 0 radical (unpaired) electrons. The van der Waals surface area contributed by atoms with Gasteiger partial charge >= 0.3 is 0 Å². The Balaban J connectivity index is 1.42. The normalized spacial score (nSPS) is 17.4. The van der Waals surface area contributed by atoms with Gasteiger partial charge in [-0.1, -0.05) is 6.07 Å². The summed E-state index contributed by atoms with van der Waals surface area (Å²) in [5.41, 5.74) is 3.38. The van der Waals surface area contributed by atoms with Crippen molar-refractivity contribution in [3.05, 3.63) is 59.4 Å². The number of aryl methyl sites for hydroxylation is 1. The van der Waals surface area contributed by atoms with Crippen molar-refractivity contribution in [3.8, 4) is 17.1 Å². The van der Waals surface area contributed by atoms with E-state index in [1.54, 1.807) is 12.1 Å². The molecule has 1 N–H and O–H groups in total. The number of anilines is 2. The summed E-state index contributed by atoms with van der Waals surface area (Å²) in [5.74, 6) is -3.16. The number of ether oxygens (including phenoxy) is 2. The van der Waals surface area contributed by atoms with Crippen molar-refractivity contribution in [1.82, 2.24) is 15.2 Å². The molecule has 10 heteroatoms. The number of hydrogen-bond acceptors (Lipinski definition) is 7. The van der Waals surface area contributed by atoms with Crippen molar-refractivity contribution in [2.75, 3.05) is 36.6 Å². The summed E-state index contributed by atoms with van der Waals surface area (Å²) >= 11 is 0. The Hall–Kier alpha value is -3.66. The Morgan fingerprint density at radius 1 is 1.18 bits per heavy atom. The van der Waals surface area contributed by atoms with Crippen molar-refractivity contribution in [2.24, 2.45) is 0 Å². The molecule has 3 aromatic rings. The Kier molecular flexibility index (Phi) is 5.60. The van der Waals surface area contributed by atoms with Gasteiger partial charge in [0, 0.05) is 36.5 Å². The third kappa shape index (κ3) is 4.28. The lowest BCUT2D eigenvalue weighted by Crippen LogP contribution is -2.51. The molecule has 2 aliphatic heterocycles. The molecule has 0 bridgehead atoms. The first-order valence-corrected chi connectivity index (χ1v) is 10.9. The minimum atomic E-state index is -3.14. The van der Waals surface area contributed by atoms with Gasteiger partial charge in [0.2, 0.25) is 0 Å². The standard InChI is InChI=1S/C24H23F2N5O3/c1-14-3-4-16(28-22(32)15-5-6-27-21(9-15)24(2,25)26)10-18(14)19-11-20-23(30-29-19)34-13-17-12-33-8-7-31(17)20/h3-6,9-11,17H,7-8,12-13H2,1-2H3,(H,28,32). The molecule has 1 aromatic carbocycles.